The summed E-state index contributed by atoms with van der Waals surface area (Å²) in [7, 11) is 0.0864. The summed E-state index contributed by atoms with van der Waals surface area (Å²) in [6.45, 7) is 3.13. The first-order valence-electron chi connectivity index (χ1n) is 17.4. The molecule has 0 saturated heterocycles. The van der Waals surface area contributed by atoms with Crippen LogP contribution in [0.2, 0.25) is 0 Å². The second-order valence-corrected chi connectivity index (χ2v) is 20.2. The summed E-state index contributed by atoms with van der Waals surface area (Å²) in [6.07, 6.45) is 24.8. The number of hydrogen-bond donors (Lipinski definition) is 0. The topological polar surface area (TPSA) is 9.23 Å². The molecule has 47 heavy (non-hydrogen) atoms. The summed E-state index contributed by atoms with van der Waals surface area (Å²) < 4.78 is 65.7. The first kappa shape index (κ1) is 39.6. The van der Waals surface area contributed by atoms with Gasteiger partial charge < -0.3 is 4.74 Å². The number of halogens is 6. The quantitative estimate of drug-likeness (QED) is 0.0479. The Kier molecular flexibility index (Phi) is 15.4. The molecule has 0 aliphatic heterocycles. The third-order valence-electron chi connectivity index (χ3n) is 8.59. The third-order valence-corrected chi connectivity index (χ3v) is 10.8. The van der Waals surface area contributed by atoms with Crippen molar-refractivity contribution in [2.45, 2.75) is 120 Å². The number of unbranched alkanes of at least 4 members (excludes halogenated alkanes) is 15. The zero-order valence-electron chi connectivity index (χ0n) is 28.1. The molecule has 0 heterocycles. The predicted molar refractivity (Wildman–Crippen MR) is 189 cm³/mol. The molecule has 0 fully saturated rings. The van der Waals surface area contributed by atoms with Gasteiger partial charge in [-0.25, -0.2) is 0 Å². The van der Waals surface area contributed by atoms with E-state index in [1.807, 2.05) is 0 Å². The Labute approximate surface area is 284 Å². The van der Waals surface area contributed by atoms with E-state index in [-0.39, 0.29) is 10.9 Å². The minimum absolute atomic E-state index is 0.0864. The maximum atomic E-state index is 9.93. The van der Waals surface area contributed by atoms with Crippen LogP contribution in [0.5, 0.6) is 5.75 Å². The molecule has 0 aromatic heterocycles. The third kappa shape index (κ3) is 16.4. The van der Waals surface area contributed by atoms with Crippen molar-refractivity contribution in [1.29, 1.82) is 0 Å². The van der Waals surface area contributed by atoms with Gasteiger partial charge in [-0.1, -0.05) is 152 Å². The molecule has 3 aromatic carbocycles. The molecule has 0 saturated carbocycles. The summed E-state index contributed by atoms with van der Waals surface area (Å²) in [5, 5.41) is 0.435. The maximum absolute atomic E-state index is 11.2. The van der Waals surface area contributed by atoms with Crippen molar-refractivity contribution in [3.63, 3.8) is 0 Å². The van der Waals surface area contributed by atoms with Gasteiger partial charge in [0.25, 0.3) is 0 Å². The van der Waals surface area contributed by atoms with Crippen LogP contribution in [0, 0.1) is 0 Å². The van der Waals surface area contributed by atoms with Gasteiger partial charge in [-0.2, -0.15) is 0 Å². The van der Waals surface area contributed by atoms with Gasteiger partial charge >= 0.3 is 36.4 Å². The van der Waals surface area contributed by atoms with Crippen LogP contribution in [0.3, 0.4) is 0 Å². The van der Waals surface area contributed by atoms with E-state index in [0.29, 0.717) is 5.25 Å². The van der Waals surface area contributed by atoms with Crippen LogP contribution < -0.4 is 4.74 Å². The van der Waals surface area contributed by atoms with Crippen molar-refractivity contribution in [3.8, 4) is 16.9 Å². The molecule has 4 rings (SSSR count). The Balaban J connectivity index is 0.000000771. The van der Waals surface area contributed by atoms with Crippen LogP contribution >= 0.6 is 0 Å². The molecule has 1 aliphatic carbocycles. The summed E-state index contributed by atoms with van der Waals surface area (Å²) in [5.41, 5.74) is 5.75. The average molecular weight is 794 g/mol. The van der Waals surface area contributed by atoms with Gasteiger partial charge in [0.05, 0.1) is 6.61 Å². The molecular formula is C38H53F6OSSb. The van der Waals surface area contributed by atoms with Crippen molar-refractivity contribution in [2.24, 2.45) is 0 Å². The molecule has 1 nitrogen and oxygen atoms in total. The van der Waals surface area contributed by atoms with Gasteiger partial charge in [0.1, 0.15) is 12.0 Å². The Morgan fingerprint density at radius 2 is 0.894 bits per heavy atom. The van der Waals surface area contributed by atoms with E-state index in [0.717, 1.165) is 18.8 Å². The van der Waals surface area contributed by atoms with Gasteiger partial charge in [0.2, 0.25) is 0 Å². The van der Waals surface area contributed by atoms with Crippen LogP contribution in [0.4, 0.5) is 16.9 Å². The van der Waals surface area contributed by atoms with Gasteiger partial charge in [-0.15, -0.1) is 0 Å². The van der Waals surface area contributed by atoms with E-state index in [1.54, 1.807) is 0 Å². The Hall–Kier alpha value is -1.79. The Bertz CT molecular complexity index is 1270. The van der Waals surface area contributed by atoms with Gasteiger partial charge in [0.15, 0.2) is 10.1 Å². The van der Waals surface area contributed by atoms with E-state index >= 15 is 0 Å². The molecule has 1 unspecified atom stereocenters. The fourth-order valence-electron chi connectivity index (χ4n) is 6.22. The van der Waals surface area contributed by atoms with Crippen molar-refractivity contribution < 1.29 is 21.6 Å². The first-order chi connectivity index (χ1) is 22.2. The van der Waals surface area contributed by atoms with Crippen LogP contribution in [0.15, 0.2) is 77.7 Å². The molecule has 1 aliphatic rings. The molecule has 0 amide bonds. The number of rotatable bonds is 20. The first-order valence-corrected chi connectivity index (χ1v) is 24.9. The standard InChI is InChI=1S/C38H53OS.6FH.Sb/c1-3-4-5-6-7-8-9-10-11-12-13-14-15-16-17-22-31-39-32-27-29-33(30-28-32)40(2)38-36-25-20-18-23-34(36)35-24-19-21-26-37(35)38;;;;;;;/h18-21,23-30,38H,3-17,22,31H2,1-2H3;6*1H;/q+1;;;;;;;+5/p-6. The average Bonchev–Trinajstić information content (AvgIpc) is 3.35. The molecule has 264 valence electrons. The van der Waals surface area contributed by atoms with Gasteiger partial charge in [-0.05, 0) is 41.8 Å². The number of ether oxygens (including phenoxy) is 1. The van der Waals surface area contributed by atoms with E-state index in [4.69, 9.17) is 4.74 Å². The molecule has 0 bridgehead atoms. The fraction of sp³-hybridized carbons (Fsp3) is 0.526. The van der Waals surface area contributed by atoms with Crippen molar-refractivity contribution in [3.05, 3.63) is 83.9 Å². The molecule has 1 atom stereocenters. The van der Waals surface area contributed by atoms with Crippen molar-refractivity contribution in [1.82, 2.24) is 0 Å². The number of fused-ring (bicyclic) bond motifs is 3. The van der Waals surface area contributed by atoms with E-state index in [1.165, 1.54) is 123 Å². The van der Waals surface area contributed by atoms with E-state index < -0.39 is 19.5 Å². The fourth-order valence-corrected chi connectivity index (χ4v) is 8.23. The monoisotopic (exact) mass is 792 g/mol. The molecule has 0 radical (unpaired) electrons. The van der Waals surface area contributed by atoms with E-state index in [9.17, 15) is 16.9 Å². The SMILES string of the molecule is CCCCCCCCCCCCCCCCCCOc1ccc([S+](C)C2c3ccccc3-c3ccccc32)cc1.[F][Sb-]([F])([F])([F])([F])[F]. The van der Waals surface area contributed by atoms with Crippen LogP contribution in [0.1, 0.15) is 126 Å². The normalized spacial score (nSPS) is 14.7. The van der Waals surface area contributed by atoms with Crippen molar-refractivity contribution >= 4 is 30.4 Å². The van der Waals surface area contributed by atoms with E-state index in [2.05, 4.69) is 86.0 Å². The summed E-state index contributed by atoms with van der Waals surface area (Å²) in [5.74, 6) is 1.01. The number of benzene rings is 3. The Morgan fingerprint density at radius 3 is 1.30 bits per heavy atom. The summed E-state index contributed by atoms with van der Waals surface area (Å²) in [6, 6.07) is 26.8. The molecule has 0 N–H and O–H groups in total. The molecule has 9 heteroatoms. The predicted octanol–water partition coefficient (Wildman–Crippen LogP) is 13.8. The van der Waals surface area contributed by atoms with Gasteiger partial charge in [-0.3, -0.25) is 0 Å². The minimum atomic E-state index is -11.2. The number of hydrogen-bond acceptors (Lipinski definition) is 1. The van der Waals surface area contributed by atoms with Crippen LogP contribution in [-0.4, -0.2) is 32.3 Å². The zero-order chi connectivity index (χ0) is 34.2. The molecule has 3 aromatic rings. The molecular weight excluding hydrogens is 740 g/mol. The Morgan fingerprint density at radius 1 is 0.532 bits per heavy atom. The van der Waals surface area contributed by atoms with Crippen LogP contribution in [0.25, 0.3) is 11.1 Å². The second-order valence-electron chi connectivity index (χ2n) is 12.7. The van der Waals surface area contributed by atoms with Crippen molar-refractivity contribution in [2.75, 3.05) is 12.9 Å². The summed E-state index contributed by atoms with van der Waals surface area (Å²) >= 11 is -11.2. The van der Waals surface area contributed by atoms with Gasteiger partial charge in [0, 0.05) is 22.0 Å². The zero-order valence-corrected chi connectivity index (χ0v) is 31.4. The second kappa shape index (κ2) is 18.3. The summed E-state index contributed by atoms with van der Waals surface area (Å²) in [4.78, 5) is 1.41. The molecule has 0 spiro atoms. The van der Waals surface area contributed by atoms with Crippen LogP contribution in [-0.2, 0) is 10.9 Å².